The molecule has 82 valence electrons. The van der Waals surface area contributed by atoms with Crippen molar-refractivity contribution in [3.05, 3.63) is 10.1 Å². The molecule has 2 atom stereocenters. The van der Waals surface area contributed by atoms with Crippen LogP contribution in [0, 0.1) is 22.0 Å². The quantitative estimate of drug-likeness (QED) is 0.527. The lowest BCUT2D eigenvalue weighted by molar-refractivity contribution is -0.534. The molecule has 0 aromatic rings. The van der Waals surface area contributed by atoms with Crippen molar-refractivity contribution in [3.63, 3.8) is 0 Å². The molecular weight excluding hydrogens is 186 g/mol. The van der Waals surface area contributed by atoms with Crippen molar-refractivity contribution in [3.8, 4) is 0 Å². The van der Waals surface area contributed by atoms with Gasteiger partial charge in [-0.15, -0.1) is 0 Å². The van der Waals surface area contributed by atoms with Gasteiger partial charge in [0.2, 0.25) is 6.04 Å². The smallest absolute Gasteiger partial charge is 0.303 e. The molecule has 0 radical (unpaired) electrons. The van der Waals surface area contributed by atoms with Crippen molar-refractivity contribution >= 4 is 5.97 Å². The number of aliphatic carboxylic acids is 1. The number of carboxylic acids is 1. The number of hydrogen-bond donors (Lipinski definition) is 1. The van der Waals surface area contributed by atoms with Crippen LogP contribution in [-0.2, 0) is 4.79 Å². The number of carbonyl (C=O) groups is 1. The van der Waals surface area contributed by atoms with Gasteiger partial charge in [0.25, 0.3) is 0 Å². The normalized spacial score (nSPS) is 15.1. The predicted octanol–water partition coefficient (Wildman–Crippen LogP) is 1.79. The van der Waals surface area contributed by atoms with Crippen molar-refractivity contribution in [2.75, 3.05) is 0 Å². The number of rotatable bonds is 6. The third-order valence-electron chi connectivity index (χ3n) is 2.45. The van der Waals surface area contributed by atoms with Gasteiger partial charge in [0.1, 0.15) is 0 Å². The van der Waals surface area contributed by atoms with Crippen LogP contribution < -0.4 is 0 Å². The van der Waals surface area contributed by atoms with Gasteiger partial charge in [0.05, 0.1) is 6.42 Å². The van der Waals surface area contributed by atoms with E-state index in [2.05, 4.69) is 0 Å². The third kappa shape index (κ3) is 3.72. The van der Waals surface area contributed by atoms with Crippen molar-refractivity contribution < 1.29 is 14.8 Å². The van der Waals surface area contributed by atoms with E-state index >= 15 is 0 Å². The molecule has 0 aromatic heterocycles. The molecule has 0 amide bonds. The highest BCUT2D eigenvalue weighted by atomic mass is 16.6. The molecule has 0 unspecified atom stereocenters. The van der Waals surface area contributed by atoms with Gasteiger partial charge in [0, 0.05) is 17.3 Å². The first-order valence-electron chi connectivity index (χ1n) is 4.75. The standard InChI is InChI=1S/C9H17NO4/c1-4-8(10(13)14)7(6(2)3)5-9(11)12/h6-8H,4-5H2,1-3H3,(H,11,12)/t7-,8-/m1/s1. The maximum atomic E-state index is 10.7. The summed E-state index contributed by atoms with van der Waals surface area (Å²) in [5.74, 6) is -1.34. The van der Waals surface area contributed by atoms with Crippen LogP contribution in [0.2, 0.25) is 0 Å². The molecule has 1 N–H and O–H groups in total. The van der Waals surface area contributed by atoms with Gasteiger partial charge in [-0.25, -0.2) is 0 Å². The van der Waals surface area contributed by atoms with Crippen molar-refractivity contribution in [1.29, 1.82) is 0 Å². The van der Waals surface area contributed by atoms with E-state index < -0.39 is 12.0 Å². The molecule has 5 heteroatoms. The zero-order valence-electron chi connectivity index (χ0n) is 8.77. The minimum atomic E-state index is -0.969. The van der Waals surface area contributed by atoms with Gasteiger partial charge in [-0.3, -0.25) is 14.9 Å². The second-order valence-electron chi connectivity index (χ2n) is 3.77. The number of nitro groups is 1. The summed E-state index contributed by atoms with van der Waals surface area (Å²) in [6, 6.07) is -0.744. The van der Waals surface area contributed by atoms with Crippen LogP contribution in [0.3, 0.4) is 0 Å². The molecule has 0 bridgehead atoms. The molecule has 0 heterocycles. The Bertz CT molecular complexity index is 215. The highest BCUT2D eigenvalue weighted by Crippen LogP contribution is 2.23. The third-order valence-corrected chi connectivity index (χ3v) is 2.45. The predicted molar refractivity (Wildman–Crippen MR) is 51.7 cm³/mol. The molecule has 0 aromatic carbocycles. The lowest BCUT2D eigenvalue weighted by Crippen LogP contribution is -2.33. The van der Waals surface area contributed by atoms with Crippen LogP contribution in [0.4, 0.5) is 0 Å². The minimum absolute atomic E-state index is 0.0152. The molecule has 0 saturated heterocycles. The van der Waals surface area contributed by atoms with Crippen LogP contribution >= 0.6 is 0 Å². The first-order valence-corrected chi connectivity index (χ1v) is 4.75. The summed E-state index contributed by atoms with van der Waals surface area (Å²) in [5, 5.41) is 19.3. The summed E-state index contributed by atoms with van der Waals surface area (Å²) in [4.78, 5) is 20.8. The van der Waals surface area contributed by atoms with E-state index in [1.165, 1.54) is 0 Å². The number of hydrogen-bond acceptors (Lipinski definition) is 3. The molecule has 0 aliphatic carbocycles. The molecule has 5 nitrogen and oxygen atoms in total. The topological polar surface area (TPSA) is 80.4 Å². The lowest BCUT2D eigenvalue weighted by atomic mass is 9.85. The Balaban J connectivity index is 4.60. The van der Waals surface area contributed by atoms with Crippen molar-refractivity contribution in [2.24, 2.45) is 11.8 Å². The summed E-state index contributed by atoms with van der Waals surface area (Å²) in [5.41, 5.74) is 0. The van der Waals surface area contributed by atoms with E-state index in [0.717, 1.165) is 0 Å². The molecule has 0 fully saturated rings. The Morgan fingerprint density at radius 3 is 2.21 bits per heavy atom. The average molecular weight is 203 g/mol. The number of carboxylic acid groups (broad SMARTS) is 1. The van der Waals surface area contributed by atoms with Gasteiger partial charge in [-0.2, -0.15) is 0 Å². The Morgan fingerprint density at radius 2 is 2.00 bits per heavy atom. The van der Waals surface area contributed by atoms with E-state index in [9.17, 15) is 14.9 Å². The maximum Gasteiger partial charge on any atom is 0.303 e. The highest BCUT2D eigenvalue weighted by molar-refractivity contribution is 5.67. The maximum absolute atomic E-state index is 10.7. The SMILES string of the molecule is CC[C@H]([C@H](CC(=O)O)C(C)C)[N+](=O)[O-]. The minimum Gasteiger partial charge on any atom is -0.481 e. The first kappa shape index (κ1) is 12.9. The Kier molecular flexibility index (Phi) is 5.12. The van der Waals surface area contributed by atoms with Crippen LogP contribution in [0.25, 0.3) is 0 Å². The van der Waals surface area contributed by atoms with Gasteiger partial charge in [-0.05, 0) is 5.92 Å². The van der Waals surface area contributed by atoms with Crippen molar-refractivity contribution in [1.82, 2.24) is 0 Å². The van der Waals surface area contributed by atoms with E-state index in [1.54, 1.807) is 6.92 Å². The fraction of sp³-hybridized carbons (Fsp3) is 0.889. The molecule has 0 spiro atoms. The highest BCUT2D eigenvalue weighted by Gasteiger charge is 2.33. The average Bonchev–Trinajstić information content (AvgIpc) is 2.02. The molecular formula is C9H17NO4. The first-order chi connectivity index (χ1) is 6.40. The Morgan fingerprint density at radius 1 is 1.50 bits per heavy atom. The van der Waals surface area contributed by atoms with E-state index in [-0.39, 0.29) is 23.2 Å². The monoisotopic (exact) mass is 203 g/mol. The van der Waals surface area contributed by atoms with E-state index in [0.29, 0.717) is 6.42 Å². The van der Waals surface area contributed by atoms with Crippen LogP contribution in [0.1, 0.15) is 33.6 Å². The van der Waals surface area contributed by atoms with Crippen molar-refractivity contribution in [2.45, 2.75) is 39.7 Å². The summed E-state index contributed by atoms with van der Waals surface area (Å²) in [6.07, 6.45) is 0.250. The van der Waals surface area contributed by atoms with Crippen LogP contribution in [-0.4, -0.2) is 22.0 Å². The summed E-state index contributed by atoms with van der Waals surface area (Å²) in [6.45, 7) is 5.35. The summed E-state index contributed by atoms with van der Waals surface area (Å²) >= 11 is 0. The van der Waals surface area contributed by atoms with Gasteiger partial charge >= 0.3 is 5.97 Å². The zero-order chi connectivity index (χ0) is 11.3. The Labute approximate surface area is 83.3 Å². The van der Waals surface area contributed by atoms with Gasteiger partial charge in [-0.1, -0.05) is 20.8 Å². The van der Waals surface area contributed by atoms with Gasteiger partial charge in [0.15, 0.2) is 0 Å². The molecule has 0 aliphatic rings. The zero-order valence-corrected chi connectivity index (χ0v) is 8.77. The number of nitrogens with zero attached hydrogens (tertiary/aromatic N) is 1. The van der Waals surface area contributed by atoms with Crippen LogP contribution in [0.5, 0.6) is 0 Å². The Hall–Kier alpha value is -1.13. The second kappa shape index (κ2) is 5.57. The fourth-order valence-corrected chi connectivity index (χ4v) is 1.63. The van der Waals surface area contributed by atoms with Crippen LogP contribution in [0.15, 0.2) is 0 Å². The lowest BCUT2D eigenvalue weighted by Gasteiger charge is -2.21. The van der Waals surface area contributed by atoms with Gasteiger partial charge < -0.3 is 5.11 Å². The summed E-state index contributed by atoms with van der Waals surface area (Å²) < 4.78 is 0. The molecule has 0 rings (SSSR count). The fourth-order valence-electron chi connectivity index (χ4n) is 1.63. The largest absolute Gasteiger partial charge is 0.481 e. The second-order valence-corrected chi connectivity index (χ2v) is 3.77. The molecule has 14 heavy (non-hydrogen) atoms. The van der Waals surface area contributed by atoms with E-state index in [1.807, 2.05) is 13.8 Å². The molecule has 0 saturated carbocycles. The van der Waals surface area contributed by atoms with E-state index in [4.69, 9.17) is 5.11 Å². The summed E-state index contributed by atoms with van der Waals surface area (Å²) in [7, 11) is 0. The molecule has 0 aliphatic heterocycles.